The number of anilines is 1. The van der Waals surface area contributed by atoms with E-state index in [9.17, 15) is 9.59 Å². The van der Waals surface area contributed by atoms with Crippen molar-refractivity contribution < 1.29 is 14.7 Å². The first-order valence-electron chi connectivity index (χ1n) is 7.29. The molecule has 21 heavy (non-hydrogen) atoms. The lowest BCUT2D eigenvalue weighted by molar-refractivity contribution is 0.0697. The van der Waals surface area contributed by atoms with Gasteiger partial charge in [-0.3, -0.25) is 0 Å². The van der Waals surface area contributed by atoms with Crippen LogP contribution in [0.3, 0.4) is 0 Å². The molecule has 2 rings (SSSR count). The molecular weight excluding hydrogens is 268 g/mol. The van der Waals surface area contributed by atoms with Gasteiger partial charge in [0.25, 0.3) is 0 Å². The monoisotopic (exact) mass is 290 g/mol. The van der Waals surface area contributed by atoms with Crippen molar-refractivity contribution in [3.63, 3.8) is 0 Å². The highest BCUT2D eigenvalue weighted by Gasteiger charge is 2.31. The third-order valence-electron chi connectivity index (χ3n) is 4.24. The van der Waals surface area contributed by atoms with Crippen LogP contribution in [0.4, 0.5) is 10.5 Å². The first kappa shape index (κ1) is 15.4. The van der Waals surface area contributed by atoms with E-state index in [4.69, 9.17) is 5.11 Å². The van der Waals surface area contributed by atoms with Crippen LogP contribution in [0.5, 0.6) is 0 Å². The Balaban J connectivity index is 2.04. The number of carboxylic acids is 1. The van der Waals surface area contributed by atoms with Gasteiger partial charge in [-0.25, -0.2) is 9.59 Å². The lowest BCUT2D eigenvalue weighted by Crippen LogP contribution is -2.50. The third-order valence-corrected chi connectivity index (χ3v) is 4.24. The van der Waals surface area contributed by atoms with Gasteiger partial charge in [0.15, 0.2) is 0 Å². The zero-order valence-electron chi connectivity index (χ0n) is 12.7. The number of amides is 2. The van der Waals surface area contributed by atoms with Crippen LogP contribution in [0.15, 0.2) is 24.3 Å². The van der Waals surface area contributed by atoms with Crippen molar-refractivity contribution in [2.24, 2.45) is 11.8 Å². The molecule has 1 fully saturated rings. The second kappa shape index (κ2) is 6.16. The van der Waals surface area contributed by atoms with Crippen LogP contribution in [0.25, 0.3) is 0 Å². The van der Waals surface area contributed by atoms with Crippen LogP contribution < -0.4 is 5.32 Å². The molecule has 0 bridgehead atoms. The fraction of sp³-hybridized carbons (Fsp3) is 0.500. The molecule has 0 aliphatic carbocycles. The van der Waals surface area contributed by atoms with Crippen molar-refractivity contribution in [1.29, 1.82) is 0 Å². The van der Waals surface area contributed by atoms with Crippen LogP contribution in [0, 0.1) is 11.8 Å². The number of hydrogen-bond donors (Lipinski definition) is 2. The Bertz CT molecular complexity index is 527. The summed E-state index contributed by atoms with van der Waals surface area (Å²) in [4.78, 5) is 25.1. The van der Waals surface area contributed by atoms with Gasteiger partial charge in [0.2, 0.25) is 0 Å². The fourth-order valence-electron chi connectivity index (χ4n) is 2.87. The highest BCUT2D eigenvalue weighted by Crippen LogP contribution is 2.27. The molecule has 114 valence electrons. The Morgan fingerprint density at radius 3 is 2.38 bits per heavy atom. The molecule has 0 saturated carbocycles. The van der Waals surface area contributed by atoms with Crippen LogP contribution in [-0.2, 0) is 0 Å². The summed E-state index contributed by atoms with van der Waals surface area (Å²) < 4.78 is 0. The second-order valence-corrected chi connectivity index (χ2v) is 6.02. The lowest BCUT2D eigenvalue weighted by Gasteiger charge is -2.40. The van der Waals surface area contributed by atoms with Gasteiger partial charge in [-0.1, -0.05) is 13.8 Å². The van der Waals surface area contributed by atoms with Crippen molar-refractivity contribution >= 4 is 17.7 Å². The number of likely N-dealkylation sites (tertiary alicyclic amines) is 1. The molecule has 5 heteroatoms. The summed E-state index contributed by atoms with van der Waals surface area (Å²) in [6.07, 6.45) is 1.14. The average Bonchev–Trinajstić information content (AvgIpc) is 2.43. The van der Waals surface area contributed by atoms with E-state index in [-0.39, 0.29) is 17.6 Å². The second-order valence-electron chi connectivity index (χ2n) is 6.02. The van der Waals surface area contributed by atoms with Gasteiger partial charge >= 0.3 is 12.0 Å². The predicted octanol–water partition coefficient (Wildman–Crippen LogP) is 3.28. The van der Waals surface area contributed by atoms with Crippen molar-refractivity contribution in [3.8, 4) is 0 Å². The van der Waals surface area contributed by atoms with E-state index in [0.29, 0.717) is 17.5 Å². The number of nitrogens with zero attached hydrogens (tertiary/aromatic N) is 1. The largest absolute Gasteiger partial charge is 0.478 e. The Kier molecular flexibility index (Phi) is 4.50. The summed E-state index contributed by atoms with van der Waals surface area (Å²) in [6.45, 7) is 7.15. The normalized spacial score (nSPS) is 25.5. The van der Waals surface area contributed by atoms with Crippen molar-refractivity contribution in [2.45, 2.75) is 33.2 Å². The number of benzene rings is 1. The first-order valence-corrected chi connectivity index (χ1v) is 7.29. The summed E-state index contributed by atoms with van der Waals surface area (Å²) >= 11 is 0. The molecule has 5 nitrogen and oxygen atoms in total. The number of aromatic carboxylic acids is 1. The maximum atomic E-state index is 12.4. The molecule has 1 heterocycles. The Labute approximate surface area is 125 Å². The standard InChI is InChI=1S/C16H22N2O3/c1-10-8-11(2)12(3)18(9-10)16(21)17-14-6-4-13(5-7-14)15(19)20/h4-7,10-12H,8-9H2,1-3H3,(H,17,21)(H,19,20). The summed E-state index contributed by atoms with van der Waals surface area (Å²) in [5.41, 5.74) is 0.824. The van der Waals surface area contributed by atoms with Gasteiger partial charge in [0.1, 0.15) is 0 Å². The number of rotatable bonds is 2. The van der Waals surface area contributed by atoms with Crippen molar-refractivity contribution in [3.05, 3.63) is 29.8 Å². The highest BCUT2D eigenvalue weighted by atomic mass is 16.4. The van der Waals surface area contributed by atoms with Crippen molar-refractivity contribution in [1.82, 2.24) is 4.90 Å². The van der Waals surface area contributed by atoms with Gasteiger partial charge < -0.3 is 15.3 Å². The predicted molar refractivity (Wildman–Crippen MR) is 81.5 cm³/mol. The highest BCUT2D eigenvalue weighted by molar-refractivity contribution is 5.91. The molecule has 0 radical (unpaired) electrons. The molecule has 1 aromatic carbocycles. The number of carboxylic acid groups (broad SMARTS) is 1. The van der Waals surface area contributed by atoms with E-state index in [1.807, 2.05) is 4.90 Å². The van der Waals surface area contributed by atoms with Crippen LogP contribution in [-0.4, -0.2) is 34.6 Å². The summed E-state index contributed by atoms with van der Waals surface area (Å²) in [5.74, 6) is 0.00500. The third kappa shape index (κ3) is 3.54. The molecule has 2 N–H and O–H groups in total. The lowest BCUT2D eigenvalue weighted by atomic mass is 9.86. The Morgan fingerprint density at radius 2 is 1.81 bits per heavy atom. The molecule has 1 aliphatic rings. The molecule has 1 aromatic rings. The number of nitrogens with one attached hydrogen (secondary N) is 1. The molecule has 0 spiro atoms. The van der Waals surface area contributed by atoms with Crippen molar-refractivity contribution in [2.75, 3.05) is 11.9 Å². The minimum absolute atomic E-state index is 0.121. The van der Waals surface area contributed by atoms with E-state index >= 15 is 0 Å². The Hall–Kier alpha value is -2.04. The molecule has 2 amide bonds. The number of carbonyl (C=O) groups excluding carboxylic acids is 1. The number of hydrogen-bond acceptors (Lipinski definition) is 2. The molecule has 3 atom stereocenters. The minimum Gasteiger partial charge on any atom is -0.478 e. The summed E-state index contributed by atoms with van der Waals surface area (Å²) in [6, 6.07) is 6.29. The minimum atomic E-state index is -0.972. The van der Waals surface area contributed by atoms with E-state index in [2.05, 4.69) is 26.1 Å². The summed E-state index contributed by atoms with van der Waals surface area (Å²) in [7, 11) is 0. The van der Waals surface area contributed by atoms with E-state index in [1.165, 1.54) is 12.1 Å². The molecule has 1 saturated heterocycles. The molecular formula is C16H22N2O3. The number of piperidine rings is 1. The van der Waals surface area contributed by atoms with Crippen LogP contribution >= 0.6 is 0 Å². The van der Waals surface area contributed by atoms with Gasteiger partial charge in [0, 0.05) is 18.3 Å². The van der Waals surface area contributed by atoms with Crippen LogP contribution in [0.2, 0.25) is 0 Å². The zero-order valence-corrected chi connectivity index (χ0v) is 12.7. The Morgan fingerprint density at radius 1 is 1.19 bits per heavy atom. The van der Waals surface area contributed by atoms with Gasteiger partial charge in [-0.2, -0.15) is 0 Å². The number of carbonyl (C=O) groups is 2. The maximum absolute atomic E-state index is 12.4. The van der Waals surface area contributed by atoms with Crippen LogP contribution in [0.1, 0.15) is 37.6 Å². The topological polar surface area (TPSA) is 69.6 Å². The smallest absolute Gasteiger partial charge is 0.335 e. The van der Waals surface area contributed by atoms with E-state index in [0.717, 1.165) is 13.0 Å². The van der Waals surface area contributed by atoms with E-state index < -0.39 is 5.97 Å². The SMILES string of the molecule is CC1CC(C)C(C)N(C(=O)Nc2ccc(C(=O)O)cc2)C1. The fourth-order valence-corrected chi connectivity index (χ4v) is 2.87. The van der Waals surface area contributed by atoms with Gasteiger partial charge in [0.05, 0.1) is 5.56 Å². The quantitative estimate of drug-likeness (QED) is 0.878. The summed E-state index contributed by atoms with van der Waals surface area (Å²) in [5, 5.41) is 11.7. The van der Waals surface area contributed by atoms with Gasteiger partial charge in [-0.05, 0) is 49.4 Å². The van der Waals surface area contributed by atoms with E-state index in [1.54, 1.807) is 12.1 Å². The zero-order chi connectivity index (χ0) is 15.6. The van der Waals surface area contributed by atoms with Gasteiger partial charge in [-0.15, -0.1) is 0 Å². The molecule has 3 unspecified atom stereocenters. The average molecular weight is 290 g/mol. The molecule has 1 aliphatic heterocycles. The maximum Gasteiger partial charge on any atom is 0.335 e. The first-order chi connectivity index (χ1) is 9.88. The number of urea groups is 1. The molecule has 0 aromatic heterocycles.